The maximum Gasteiger partial charge on any atom is 0.146 e. The summed E-state index contributed by atoms with van der Waals surface area (Å²) in [5.74, 6) is 0.973. The van der Waals surface area contributed by atoms with Gasteiger partial charge in [-0.25, -0.2) is 0 Å². The summed E-state index contributed by atoms with van der Waals surface area (Å²) < 4.78 is 3.98. The van der Waals surface area contributed by atoms with Crippen LogP contribution in [0.2, 0.25) is 0 Å². The maximum absolute atomic E-state index is 4.52. The van der Waals surface area contributed by atoms with Crippen LogP contribution >= 0.6 is 0 Å². The summed E-state index contributed by atoms with van der Waals surface area (Å²) in [7, 11) is 4.05. The molecule has 0 aliphatic carbocycles. The molecule has 2 aromatic rings. The van der Waals surface area contributed by atoms with Crippen LogP contribution in [0.4, 0.5) is 0 Å². The lowest BCUT2D eigenvalue weighted by molar-refractivity contribution is 0.306. The third kappa shape index (κ3) is 3.41. The van der Waals surface area contributed by atoms with Crippen LogP contribution in [0, 0.1) is 6.92 Å². The Hall–Kier alpha value is -1.69. The molecule has 6 nitrogen and oxygen atoms in total. The topological polar surface area (TPSA) is 51.8 Å². The average molecular weight is 262 g/mol. The van der Waals surface area contributed by atoms with Gasteiger partial charge in [0, 0.05) is 31.9 Å². The third-order valence-corrected chi connectivity index (χ3v) is 3.16. The molecule has 0 saturated heterocycles. The molecule has 2 aromatic heterocycles. The van der Waals surface area contributed by atoms with Crippen molar-refractivity contribution in [2.24, 2.45) is 7.05 Å². The average Bonchev–Trinajstić information content (AvgIpc) is 2.88. The Balaban J connectivity index is 1.98. The Labute approximate surface area is 114 Å². The van der Waals surface area contributed by atoms with Gasteiger partial charge in [0.2, 0.25) is 0 Å². The van der Waals surface area contributed by atoms with E-state index in [1.807, 2.05) is 16.3 Å². The fourth-order valence-corrected chi connectivity index (χ4v) is 2.10. The molecule has 0 amide bonds. The summed E-state index contributed by atoms with van der Waals surface area (Å²) in [6.07, 6.45) is 4.98. The molecule has 0 unspecified atom stereocenters. The van der Waals surface area contributed by atoms with Crippen molar-refractivity contribution < 1.29 is 0 Å². The minimum atomic E-state index is 0.787. The molecule has 0 radical (unpaired) electrons. The second-order valence-electron chi connectivity index (χ2n) is 5.03. The first-order valence-corrected chi connectivity index (χ1v) is 6.64. The van der Waals surface area contributed by atoms with Crippen LogP contribution in [0.3, 0.4) is 0 Å². The summed E-state index contributed by atoms with van der Waals surface area (Å²) in [5.41, 5.74) is 2.39. The molecular formula is C13H22N6. The van der Waals surface area contributed by atoms with Gasteiger partial charge in [-0.2, -0.15) is 5.10 Å². The van der Waals surface area contributed by atoms with Crippen LogP contribution in [0.5, 0.6) is 0 Å². The highest BCUT2D eigenvalue weighted by molar-refractivity contribution is 5.15. The Morgan fingerprint density at radius 2 is 2.11 bits per heavy atom. The van der Waals surface area contributed by atoms with E-state index in [2.05, 4.69) is 47.3 Å². The van der Waals surface area contributed by atoms with Gasteiger partial charge < -0.3 is 4.57 Å². The van der Waals surface area contributed by atoms with Gasteiger partial charge in [0.15, 0.2) is 0 Å². The Bertz CT molecular complexity index is 527. The van der Waals surface area contributed by atoms with Crippen molar-refractivity contribution in [3.05, 3.63) is 29.6 Å². The summed E-state index contributed by atoms with van der Waals surface area (Å²) in [6, 6.07) is 0. The van der Waals surface area contributed by atoms with Crippen molar-refractivity contribution in [2.75, 3.05) is 7.05 Å². The molecule has 0 fully saturated rings. The maximum atomic E-state index is 4.52. The first kappa shape index (κ1) is 13.7. The minimum absolute atomic E-state index is 0.787. The molecule has 6 heteroatoms. The fourth-order valence-electron chi connectivity index (χ4n) is 2.10. The van der Waals surface area contributed by atoms with Gasteiger partial charge in [-0.15, -0.1) is 10.2 Å². The van der Waals surface area contributed by atoms with Crippen molar-refractivity contribution in [3.8, 4) is 0 Å². The van der Waals surface area contributed by atoms with Gasteiger partial charge in [-0.3, -0.25) is 9.58 Å². The van der Waals surface area contributed by atoms with Crippen molar-refractivity contribution >= 4 is 0 Å². The normalized spacial score (nSPS) is 11.4. The quantitative estimate of drug-likeness (QED) is 0.789. The first-order valence-electron chi connectivity index (χ1n) is 6.64. The largest absolute Gasteiger partial charge is 0.320 e. The van der Waals surface area contributed by atoms with Crippen LogP contribution in [0.25, 0.3) is 0 Å². The predicted molar refractivity (Wildman–Crippen MR) is 73.4 cm³/mol. The molecule has 0 aromatic carbocycles. The van der Waals surface area contributed by atoms with Crippen LogP contribution in [-0.2, 0) is 26.7 Å². The van der Waals surface area contributed by atoms with E-state index in [-0.39, 0.29) is 0 Å². The van der Waals surface area contributed by atoms with Crippen LogP contribution in [-0.4, -0.2) is 36.5 Å². The zero-order chi connectivity index (χ0) is 13.8. The molecule has 104 valence electrons. The molecule has 0 atom stereocenters. The zero-order valence-electron chi connectivity index (χ0n) is 12.2. The zero-order valence-corrected chi connectivity index (χ0v) is 12.2. The lowest BCUT2D eigenvalue weighted by atomic mass is 10.2. The van der Waals surface area contributed by atoms with E-state index < -0.39 is 0 Å². The number of rotatable bonds is 6. The van der Waals surface area contributed by atoms with E-state index in [1.54, 1.807) is 6.33 Å². The number of hydrogen-bond donors (Lipinski definition) is 0. The van der Waals surface area contributed by atoms with Crippen molar-refractivity contribution in [1.82, 2.24) is 29.4 Å². The SMILES string of the molecule is CCCn1cc(CN(C)Cc2nncn2C)c(C)n1. The van der Waals surface area contributed by atoms with Crippen LogP contribution in [0.15, 0.2) is 12.5 Å². The van der Waals surface area contributed by atoms with Crippen LogP contribution in [0.1, 0.15) is 30.4 Å². The summed E-state index contributed by atoms with van der Waals surface area (Å²) in [6.45, 7) is 6.87. The van der Waals surface area contributed by atoms with Crippen molar-refractivity contribution in [2.45, 2.75) is 39.9 Å². The molecule has 2 heterocycles. The van der Waals surface area contributed by atoms with Gasteiger partial charge >= 0.3 is 0 Å². The van der Waals surface area contributed by atoms with Gasteiger partial charge in [0.05, 0.1) is 12.2 Å². The van der Waals surface area contributed by atoms with Crippen molar-refractivity contribution in [1.29, 1.82) is 0 Å². The standard InChI is InChI=1S/C13H22N6/c1-5-6-19-8-12(11(2)16-19)7-17(3)9-13-15-14-10-18(13)4/h8,10H,5-7,9H2,1-4H3. The number of aromatic nitrogens is 5. The van der Waals surface area contributed by atoms with E-state index in [1.165, 1.54) is 5.56 Å². The molecule has 0 spiro atoms. The number of hydrogen-bond acceptors (Lipinski definition) is 4. The molecule has 0 N–H and O–H groups in total. The van der Waals surface area contributed by atoms with Gasteiger partial charge in [-0.1, -0.05) is 6.92 Å². The second-order valence-corrected chi connectivity index (χ2v) is 5.03. The molecule has 0 saturated carbocycles. The predicted octanol–water partition coefficient (Wildman–Crippen LogP) is 1.36. The van der Waals surface area contributed by atoms with Gasteiger partial charge in [0.1, 0.15) is 12.2 Å². The number of aryl methyl sites for hydroxylation is 3. The molecular weight excluding hydrogens is 240 g/mol. The van der Waals surface area contributed by atoms with E-state index in [9.17, 15) is 0 Å². The van der Waals surface area contributed by atoms with Gasteiger partial charge in [-0.05, 0) is 20.4 Å². The Kier molecular flexibility index (Phi) is 4.31. The van der Waals surface area contributed by atoms with Crippen LogP contribution < -0.4 is 0 Å². The fraction of sp³-hybridized carbons (Fsp3) is 0.615. The first-order chi connectivity index (χ1) is 9.10. The lowest BCUT2D eigenvalue weighted by Gasteiger charge is -2.15. The highest BCUT2D eigenvalue weighted by atomic mass is 15.3. The summed E-state index contributed by atoms with van der Waals surface area (Å²) in [5, 5.41) is 12.5. The highest BCUT2D eigenvalue weighted by Crippen LogP contribution is 2.10. The van der Waals surface area contributed by atoms with Gasteiger partial charge in [0.25, 0.3) is 0 Å². The number of nitrogens with zero attached hydrogens (tertiary/aromatic N) is 6. The minimum Gasteiger partial charge on any atom is -0.320 e. The highest BCUT2D eigenvalue weighted by Gasteiger charge is 2.10. The summed E-state index contributed by atoms with van der Waals surface area (Å²) >= 11 is 0. The molecule has 2 rings (SSSR count). The van der Waals surface area contributed by atoms with E-state index in [0.717, 1.165) is 37.6 Å². The van der Waals surface area contributed by atoms with E-state index in [4.69, 9.17) is 0 Å². The molecule has 0 aliphatic rings. The monoisotopic (exact) mass is 262 g/mol. The Morgan fingerprint density at radius 3 is 2.74 bits per heavy atom. The second kappa shape index (κ2) is 5.97. The van der Waals surface area contributed by atoms with Crippen molar-refractivity contribution in [3.63, 3.8) is 0 Å². The molecule has 0 bridgehead atoms. The lowest BCUT2D eigenvalue weighted by Crippen LogP contribution is -2.19. The summed E-state index contributed by atoms with van der Waals surface area (Å²) in [4.78, 5) is 2.23. The third-order valence-electron chi connectivity index (χ3n) is 3.16. The smallest absolute Gasteiger partial charge is 0.146 e. The Morgan fingerprint density at radius 1 is 1.32 bits per heavy atom. The molecule has 19 heavy (non-hydrogen) atoms. The van der Waals surface area contributed by atoms with E-state index >= 15 is 0 Å². The van der Waals surface area contributed by atoms with E-state index in [0.29, 0.717) is 0 Å². The molecule has 0 aliphatic heterocycles.